The molecule has 10 rings (SSSR count). The van der Waals surface area contributed by atoms with E-state index < -0.39 is 0 Å². The molecular weight excluding hydrogens is 631 g/mol. The van der Waals surface area contributed by atoms with E-state index in [2.05, 4.69) is 191 Å². The van der Waals surface area contributed by atoms with Crippen LogP contribution in [0.3, 0.4) is 0 Å². The van der Waals surface area contributed by atoms with Crippen LogP contribution in [0.4, 0.5) is 11.4 Å². The minimum absolute atomic E-state index is 1.07. The van der Waals surface area contributed by atoms with Gasteiger partial charge in [-0.05, 0) is 128 Å². The Labute approximate surface area is 304 Å². The Morgan fingerprint density at radius 2 is 1.10 bits per heavy atom. The fourth-order valence-electron chi connectivity index (χ4n) is 8.41. The van der Waals surface area contributed by atoms with Crippen LogP contribution >= 0.6 is 0 Å². The third kappa shape index (κ3) is 4.96. The number of para-hydroxylation sites is 3. The molecule has 0 saturated heterocycles. The Balaban J connectivity index is 1.09. The lowest BCUT2D eigenvalue weighted by molar-refractivity contribution is 0.923. The molecule has 2 aromatic heterocycles. The van der Waals surface area contributed by atoms with Crippen molar-refractivity contribution in [2.45, 2.75) is 32.6 Å². The predicted molar refractivity (Wildman–Crippen MR) is 222 cm³/mol. The van der Waals surface area contributed by atoms with Crippen molar-refractivity contribution in [3.8, 4) is 16.8 Å². The zero-order valence-electron chi connectivity index (χ0n) is 29.3. The Morgan fingerprint density at radius 1 is 0.481 bits per heavy atom. The third-order valence-corrected chi connectivity index (χ3v) is 10.9. The third-order valence-electron chi connectivity index (χ3n) is 10.9. The maximum absolute atomic E-state index is 2.45. The molecule has 52 heavy (non-hydrogen) atoms. The number of hydrogen-bond donors (Lipinski definition) is 0. The number of nitrogens with zero attached hydrogens (tertiary/aromatic N) is 3. The van der Waals surface area contributed by atoms with Gasteiger partial charge < -0.3 is 14.0 Å². The Hall–Kier alpha value is -6.32. The summed E-state index contributed by atoms with van der Waals surface area (Å²) >= 11 is 0. The summed E-state index contributed by atoms with van der Waals surface area (Å²) in [6.45, 7) is 2.28. The Bertz CT molecular complexity index is 2780. The molecule has 6 aromatic carbocycles. The summed E-state index contributed by atoms with van der Waals surface area (Å²) in [5.41, 5.74) is 14.8. The van der Waals surface area contributed by atoms with Crippen molar-refractivity contribution >= 4 is 60.7 Å². The Morgan fingerprint density at radius 3 is 1.85 bits per heavy atom. The molecule has 0 atom stereocenters. The number of anilines is 2. The zero-order valence-corrected chi connectivity index (χ0v) is 29.3. The molecule has 250 valence electrons. The smallest absolute Gasteiger partial charge is 0.0542 e. The van der Waals surface area contributed by atoms with E-state index in [1.54, 1.807) is 0 Å². The minimum atomic E-state index is 1.07. The summed E-state index contributed by atoms with van der Waals surface area (Å²) in [4.78, 5) is 2.45. The molecule has 2 heterocycles. The van der Waals surface area contributed by atoms with Gasteiger partial charge in [-0.2, -0.15) is 0 Å². The highest BCUT2D eigenvalue weighted by Crippen LogP contribution is 2.41. The van der Waals surface area contributed by atoms with Gasteiger partial charge in [-0.3, -0.25) is 0 Å². The van der Waals surface area contributed by atoms with Crippen LogP contribution in [0.25, 0.3) is 66.1 Å². The molecule has 0 saturated carbocycles. The number of fused-ring (bicyclic) bond motifs is 6. The van der Waals surface area contributed by atoms with Crippen molar-refractivity contribution in [1.82, 2.24) is 9.13 Å². The first-order valence-corrected chi connectivity index (χ1v) is 18.5. The molecule has 0 aliphatic heterocycles. The molecular formula is C49H39N3. The van der Waals surface area contributed by atoms with Crippen molar-refractivity contribution < 1.29 is 0 Å². The van der Waals surface area contributed by atoms with Crippen molar-refractivity contribution in [3.05, 3.63) is 181 Å². The second-order valence-electron chi connectivity index (χ2n) is 14.1. The maximum atomic E-state index is 2.45. The summed E-state index contributed by atoms with van der Waals surface area (Å²) < 4.78 is 4.81. The molecule has 3 heteroatoms. The SMILES string of the molecule is CC1=C(N(c2ccc(-c3ccc4c(c3)c3ccccc3n4C3=CCCC=C3)cc2)c2ccc3c(c2)c2ccccc2n3-c2ccccc2)C=CCC1. The fraction of sp³-hybridized carbons (Fsp3) is 0.102. The van der Waals surface area contributed by atoms with Crippen molar-refractivity contribution in [3.63, 3.8) is 0 Å². The molecule has 2 aliphatic rings. The van der Waals surface area contributed by atoms with Crippen molar-refractivity contribution in [2.75, 3.05) is 4.90 Å². The largest absolute Gasteiger partial charge is 0.311 e. The van der Waals surface area contributed by atoms with E-state index in [1.165, 1.54) is 77.4 Å². The van der Waals surface area contributed by atoms with Gasteiger partial charge in [-0.15, -0.1) is 0 Å². The van der Waals surface area contributed by atoms with Crippen LogP contribution in [0.2, 0.25) is 0 Å². The van der Waals surface area contributed by atoms with Gasteiger partial charge in [0.05, 0.1) is 22.1 Å². The monoisotopic (exact) mass is 669 g/mol. The quantitative estimate of drug-likeness (QED) is 0.172. The maximum Gasteiger partial charge on any atom is 0.0542 e. The average Bonchev–Trinajstić information content (AvgIpc) is 3.72. The van der Waals surface area contributed by atoms with Crippen LogP contribution in [0.5, 0.6) is 0 Å². The normalized spacial score (nSPS) is 14.6. The molecule has 8 aromatic rings. The first kappa shape index (κ1) is 30.5. The summed E-state index contributed by atoms with van der Waals surface area (Å²) in [7, 11) is 0. The zero-order chi connectivity index (χ0) is 34.6. The first-order valence-electron chi connectivity index (χ1n) is 18.5. The van der Waals surface area contributed by atoms with E-state index >= 15 is 0 Å². The van der Waals surface area contributed by atoms with Crippen LogP contribution in [0, 0.1) is 0 Å². The average molecular weight is 670 g/mol. The lowest BCUT2D eigenvalue weighted by atomic mass is 10.00. The molecule has 2 aliphatic carbocycles. The minimum Gasteiger partial charge on any atom is -0.311 e. The summed E-state index contributed by atoms with van der Waals surface area (Å²) in [6.07, 6.45) is 15.9. The van der Waals surface area contributed by atoms with E-state index in [1.807, 2.05) is 0 Å². The van der Waals surface area contributed by atoms with Crippen LogP contribution in [0.15, 0.2) is 181 Å². The fourth-order valence-corrected chi connectivity index (χ4v) is 8.41. The van der Waals surface area contributed by atoms with E-state index in [-0.39, 0.29) is 0 Å². The number of allylic oxidation sites excluding steroid dienone is 7. The number of aromatic nitrogens is 2. The van der Waals surface area contributed by atoms with Gasteiger partial charge in [0, 0.05) is 50.0 Å². The molecule has 0 unspecified atom stereocenters. The second-order valence-corrected chi connectivity index (χ2v) is 14.1. The standard InChI is InChI=1S/C49H39N3/c1-34-14-8-11-21-45(34)50(40-29-31-49-44(33-40)42-20-10-13-23-47(42)52(49)38-17-6-3-7-18-38)39-27-24-35(25-28-39)36-26-30-48-43(32-36)41-19-9-12-22-46(41)51(48)37-15-4-2-5-16-37/h3-4,6-7,9-13,15-33H,2,5,8,14H2,1H3. The van der Waals surface area contributed by atoms with Crippen LogP contribution < -0.4 is 4.90 Å². The summed E-state index contributed by atoms with van der Waals surface area (Å²) in [5, 5.41) is 5.09. The van der Waals surface area contributed by atoms with Crippen LogP contribution in [0.1, 0.15) is 32.6 Å². The lowest BCUT2D eigenvalue weighted by Crippen LogP contribution is -2.18. The number of benzene rings is 6. The Kier molecular flexibility index (Phi) is 7.31. The van der Waals surface area contributed by atoms with Gasteiger partial charge >= 0.3 is 0 Å². The topological polar surface area (TPSA) is 13.1 Å². The van der Waals surface area contributed by atoms with E-state index in [0.29, 0.717) is 0 Å². The van der Waals surface area contributed by atoms with Gasteiger partial charge in [0.25, 0.3) is 0 Å². The van der Waals surface area contributed by atoms with Crippen LogP contribution in [-0.2, 0) is 0 Å². The first-order chi connectivity index (χ1) is 25.7. The predicted octanol–water partition coefficient (Wildman–Crippen LogP) is 13.5. The van der Waals surface area contributed by atoms with Gasteiger partial charge in [0.2, 0.25) is 0 Å². The van der Waals surface area contributed by atoms with E-state index in [0.717, 1.165) is 37.1 Å². The molecule has 0 fully saturated rings. The summed E-state index contributed by atoms with van der Waals surface area (Å²) in [6, 6.07) is 51.4. The van der Waals surface area contributed by atoms with Gasteiger partial charge in [0.15, 0.2) is 0 Å². The van der Waals surface area contributed by atoms with Crippen molar-refractivity contribution in [2.24, 2.45) is 0 Å². The lowest BCUT2D eigenvalue weighted by Gasteiger charge is -2.30. The van der Waals surface area contributed by atoms with Gasteiger partial charge in [-0.1, -0.05) is 91.0 Å². The molecule has 0 spiro atoms. The highest BCUT2D eigenvalue weighted by atomic mass is 15.1. The number of hydrogen-bond acceptors (Lipinski definition) is 1. The second kappa shape index (κ2) is 12.5. The highest BCUT2D eigenvalue weighted by molar-refractivity contribution is 6.12. The molecule has 3 nitrogen and oxygen atoms in total. The molecule has 0 N–H and O–H groups in total. The molecule has 0 amide bonds. The van der Waals surface area contributed by atoms with Gasteiger partial charge in [0.1, 0.15) is 0 Å². The molecule has 0 bridgehead atoms. The number of rotatable bonds is 6. The van der Waals surface area contributed by atoms with E-state index in [9.17, 15) is 0 Å². The highest BCUT2D eigenvalue weighted by Gasteiger charge is 2.21. The van der Waals surface area contributed by atoms with Gasteiger partial charge in [-0.25, -0.2) is 0 Å². The van der Waals surface area contributed by atoms with Crippen molar-refractivity contribution in [1.29, 1.82) is 0 Å². The van der Waals surface area contributed by atoms with Crippen LogP contribution in [-0.4, -0.2) is 9.13 Å². The van der Waals surface area contributed by atoms with E-state index in [4.69, 9.17) is 0 Å². The summed E-state index contributed by atoms with van der Waals surface area (Å²) in [5.74, 6) is 0. The molecule has 0 radical (unpaired) electrons.